The predicted molar refractivity (Wildman–Crippen MR) is 129 cm³/mol. The van der Waals surface area contributed by atoms with Crippen molar-refractivity contribution in [3.05, 3.63) is 102 Å². The van der Waals surface area contributed by atoms with E-state index in [1.54, 1.807) is 30.7 Å². The van der Waals surface area contributed by atoms with Crippen molar-refractivity contribution in [2.45, 2.75) is 38.8 Å². The van der Waals surface area contributed by atoms with Gasteiger partial charge in [-0.05, 0) is 62.1 Å². The molecule has 178 valence electrons. The number of nitrogens with zero attached hydrogens (tertiary/aromatic N) is 5. The number of imidazole rings is 1. The third-order valence-electron chi connectivity index (χ3n) is 6.11. The van der Waals surface area contributed by atoms with E-state index in [0.29, 0.717) is 36.1 Å². The molecule has 0 aliphatic carbocycles. The maximum absolute atomic E-state index is 13.8. The smallest absolute Gasteiger partial charge is 0.254 e. The minimum absolute atomic E-state index is 0.0310. The van der Waals surface area contributed by atoms with Gasteiger partial charge < -0.3 is 14.2 Å². The predicted octanol–water partition coefficient (Wildman–Crippen LogP) is 5.33. The Morgan fingerprint density at radius 1 is 1.11 bits per heavy atom. The first kappa shape index (κ1) is 22.7. The van der Waals surface area contributed by atoms with Gasteiger partial charge in [-0.2, -0.15) is 4.98 Å². The molecule has 0 radical (unpaired) electrons. The highest BCUT2D eigenvalue weighted by molar-refractivity contribution is 5.96. The van der Waals surface area contributed by atoms with Crippen LogP contribution in [-0.4, -0.2) is 36.9 Å². The van der Waals surface area contributed by atoms with Crippen molar-refractivity contribution in [2.24, 2.45) is 0 Å². The van der Waals surface area contributed by atoms with Crippen LogP contribution in [0.5, 0.6) is 11.6 Å². The molecule has 0 unspecified atom stereocenters. The summed E-state index contributed by atoms with van der Waals surface area (Å²) in [5.74, 6) is 1.05. The molecule has 7 nitrogen and oxygen atoms in total. The van der Waals surface area contributed by atoms with Crippen LogP contribution in [0.25, 0.3) is 0 Å². The normalized spacial score (nSPS) is 15.7. The third kappa shape index (κ3) is 5.21. The highest BCUT2D eigenvalue weighted by Crippen LogP contribution is 2.32. The Labute approximate surface area is 203 Å². The Morgan fingerprint density at radius 2 is 1.94 bits per heavy atom. The number of benzene rings is 2. The van der Waals surface area contributed by atoms with Gasteiger partial charge in [0.2, 0.25) is 5.88 Å². The van der Waals surface area contributed by atoms with E-state index in [-0.39, 0.29) is 17.8 Å². The van der Waals surface area contributed by atoms with Crippen LogP contribution in [0.4, 0.5) is 4.39 Å². The Hall–Kier alpha value is -4.07. The number of likely N-dealkylation sites (tertiary alicyclic amines) is 1. The second-order valence-corrected chi connectivity index (χ2v) is 8.66. The van der Waals surface area contributed by atoms with Crippen LogP contribution in [0.1, 0.15) is 52.7 Å². The zero-order valence-corrected chi connectivity index (χ0v) is 19.5. The first-order valence-corrected chi connectivity index (χ1v) is 11.7. The van der Waals surface area contributed by atoms with Gasteiger partial charge in [-0.1, -0.05) is 18.2 Å². The standard InChI is InChI=1S/C27H26FN5O2/c1-19-16-25(35-22-11-9-21(28)10-12-22)31-26(30-19)24-8-4-5-14-33(24)27(34)23-7-3-2-6-20(23)17-32-15-13-29-18-32/h2-3,6-7,9-13,15-16,18,24H,4-5,8,14,17H2,1H3/t24-/m0/s1. The van der Waals surface area contributed by atoms with Crippen LogP contribution in [0, 0.1) is 12.7 Å². The van der Waals surface area contributed by atoms with Crippen molar-refractivity contribution in [3.63, 3.8) is 0 Å². The van der Waals surface area contributed by atoms with E-state index in [2.05, 4.69) is 15.0 Å². The van der Waals surface area contributed by atoms with E-state index in [9.17, 15) is 9.18 Å². The second-order valence-electron chi connectivity index (χ2n) is 8.66. The number of rotatable bonds is 6. The van der Waals surface area contributed by atoms with Gasteiger partial charge in [0.25, 0.3) is 5.91 Å². The van der Waals surface area contributed by atoms with Crippen molar-refractivity contribution >= 4 is 5.91 Å². The van der Waals surface area contributed by atoms with E-state index in [1.165, 1.54) is 12.1 Å². The minimum Gasteiger partial charge on any atom is -0.439 e. The van der Waals surface area contributed by atoms with Crippen LogP contribution >= 0.6 is 0 Å². The topological polar surface area (TPSA) is 73.1 Å². The van der Waals surface area contributed by atoms with Gasteiger partial charge >= 0.3 is 0 Å². The van der Waals surface area contributed by atoms with E-state index < -0.39 is 0 Å². The fraction of sp³-hybridized carbons (Fsp3) is 0.259. The number of piperidine rings is 1. The van der Waals surface area contributed by atoms with Crippen LogP contribution in [0.2, 0.25) is 0 Å². The number of hydrogen-bond donors (Lipinski definition) is 0. The number of amides is 1. The van der Waals surface area contributed by atoms with Crippen molar-refractivity contribution in [1.82, 2.24) is 24.4 Å². The van der Waals surface area contributed by atoms with Crippen LogP contribution in [-0.2, 0) is 6.54 Å². The van der Waals surface area contributed by atoms with Gasteiger partial charge in [0.15, 0.2) is 5.82 Å². The molecule has 1 amide bonds. The lowest BCUT2D eigenvalue weighted by atomic mass is 9.98. The first-order chi connectivity index (χ1) is 17.1. The molecule has 0 spiro atoms. The highest BCUT2D eigenvalue weighted by Gasteiger charge is 2.32. The molecule has 1 aliphatic heterocycles. The molecule has 1 fully saturated rings. The Morgan fingerprint density at radius 3 is 2.74 bits per heavy atom. The second kappa shape index (κ2) is 10.0. The molecule has 3 heterocycles. The summed E-state index contributed by atoms with van der Waals surface area (Å²) in [7, 11) is 0. The van der Waals surface area contributed by atoms with Crippen molar-refractivity contribution in [1.29, 1.82) is 0 Å². The number of aromatic nitrogens is 4. The van der Waals surface area contributed by atoms with Crippen molar-refractivity contribution < 1.29 is 13.9 Å². The lowest BCUT2D eigenvalue weighted by Crippen LogP contribution is -2.39. The fourth-order valence-electron chi connectivity index (χ4n) is 4.43. The molecular weight excluding hydrogens is 445 g/mol. The maximum Gasteiger partial charge on any atom is 0.254 e. The molecule has 4 aromatic rings. The molecule has 8 heteroatoms. The lowest BCUT2D eigenvalue weighted by Gasteiger charge is -2.35. The monoisotopic (exact) mass is 471 g/mol. The van der Waals surface area contributed by atoms with Crippen molar-refractivity contribution in [3.8, 4) is 11.6 Å². The summed E-state index contributed by atoms with van der Waals surface area (Å²) in [5.41, 5.74) is 2.35. The van der Waals surface area contributed by atoms with Crippen molar-refractivity contribution in [2.75, 3.05) is 6.54 Å². The number of hydrogen-bond acceptors (Lipinski definition) is 5. The fourth-order valence-corrected chi connectivity index (χ4v) is 4.43. The average Bonchev–Trinajstić information content (AvgIpc) is 3.38. The van der Waals surface area contributed by atoms with Gasteiger partial charge in [0, 0.05) is 42.8 Å². The quantitative estimate of drug-likeness (QED) is 0.380. The minimum atomic E-state index is -0.332. The van der Waals surface area contributed by atoms with Gasteiger partial charge in [0.1, 0.15) is 11.6 Å². The third-order valence-corrected chi connectivity index (χ3v) is 6.11. The van der Waals surface area contributed by atoms with Crippen LogP contribution < -0.4 is 4.74 Å². The molecular formula is C27H26FN5O2. The van der Waals surface area contributed by atoms with Crippen LogP contribution in [0.3, 0.4) is 0 Å². The number of carbonyl (C=O) groups excluding carboxylic acids is 1. The number of ether oxygens (including phenoxy) is 1. The summed E-state index contributed by atoms with van der Waals surface area (Å²) in [6.07, 6.45) is 8.04. The Kier molecular flexibility index (Phi) is 6.52. The molecule has 2 aromatic carbocycles. The zero-order valence-electron chi connectivity index (χ0n) is 19.5. The van der Waals surface area contributed by atoms with Gasteiger partial charge in [0.05, 0.1) is 12.4 Å². The molecule has 1 atom stereocenters. The molecule has 1 aliphatic rings. The number of halogens is 1. The summed E-state index contributed by atoms with van der Waals surface area (Å²) in [5, 5.41) is 0. The van der Waals surface area contributed by atoms with Crippen LogP contribution in [0.15, 0.2) is 73.3 Å². The summed E-state index contributed by atoms with van der Waals surface area (Å²) in [6.45, 7) is 3.07. The Bertz CT molecular complexity index is 1310. The van der Waals surface area contributed by atoms with Gasteiger partial charge in [-0.15, -0.1) is 0 Å². The average molecular weight is 472 g/mol. The summed E-state index contributed by atoms with van der Waals surface area (Å²) in [6, 6.07) is 15.0. The highest BCUT2D eigenvalue weighted by atomic mass is 19.1. The zero-order chi connectivity index (χ0) is 24.2. The summed E-state index contributed by atoms with van der Waals surface area (Å²) < 4.78 is 21.1. The first-order valence-electron chi connectivity index (χ1n) is 11.7. The van der Waals surface area contributed by atoms with Gasteiger partial charge in [-0.3, -0.25) is 4.79 Å². The molecule has 35 heavy (non-hydrogen) atoms. The molecule has 1 saturated heterocycles. The SMILES string of the molecule is Cc1cc(Oc2ccc(F)cc2)nc([C@@H]2CCCCN2C(=O)c2ccccc2Cn2ccnc2)n1. The molecule has 0 saturated carbocycles. The number of carbonyl (C=O) groups is 1. The lowest BCUT2D eigenvalue weighted by molar-refractivity contribution is 0.0597. The van der Waals surface area contributed by atoms with Gasteiger partial charge in [-0.25, -0.2) is 14.4 Å². The summed E-state index contributed by atoms with van der Waals surface area (Å²) in [4.78, 5) is 29.1. The molecule has 5 rings (SSSR count). The summed E-state index contributed by atoms with van der Waals surface area (Å²) >= 11 is 0. The van der Waals surface area contributed by atoms with E-state index >= 15 is 0 Å². The number of aryl methyl sites for hydroxylation is 1. The molecule has 0 N–H and O–H groups in total. The van der Waals surface area contributed by atoms with E-state index in [1.807, 2.05) is 46.9 Å². The largest absolute Gasteiger partial charge is 0.439 e. The van der Waals surface area contributed by atoms with E-state index in [4.69, 9.17) is 4.74 Å². The maximum atomic E-state index is 13.8. The molecule has 0 bridgehead atoms. The Balaban J connectivity index is 1.43. The van der Waals surface area contributed by atoms with E-state index in [0.717, 1.165) is 30.5 Å². The molecule has 2 aromatic heterocycles.